The fourth-order valence-electron chi connectivity index (χ4n) is 3.51. The zero-order valence-corrected chi connectivity index (χ0v) is 19.1. The summed E-state index contributed by atoms with van der Waals surface area (Å²) in [6.45, 7) is 2.71. The van der Waals surface area contributed by atoms with E-state index in [1.807, 2.05) is 7.05 Å². The van der Waals surface area contributed by atoms with E-state index >= 15 is 0 Å². The molecule has 0 aromatic carbocycles. The smallest absolute Gasteiger partial charge is 0.305 e. The molecule has 2 N–H and O–H groups in total. The maximum absolute atomic E-state index is 11.0. The van der Waals surface area contributed by atoms with Gasteiger partial charge in [0.2, 0.25) is 0 Å². The minimum Gasteiger partial charge on any atom is -0.469 e. The number of hydrogen-bond acceptors (Lipinski definition) is 4. The van der Waals surface area contributed by atoms with E-state index in [1.165, 1.54) is 32.8 Å². The number of halogens is 1. The highest BCUT2D eigenvalue weighted by Gasteiger charge is 2.33. The molecule has 0 atom stereocenters. The molecule has 1 aliphatic rings. The van der Waals surface area contributed by atoms with Crippen molar-refractivity contribution in [2.24, 2.45) is 10.4 Å². The van der Waals surface area contributed by atoms with Gasteiger partial charge in [-0.2, -0.15) is 0 Å². The van der Waals surface area contributed by atoms with Crippen molar-refractivity contribution in [3.05, 3.63) is 0 Å². The number of rotatable bonds is 12. The molecule has 26 heavy (non-hydrogen) atoms. The van der Waals surface area contributed by atoms with E-state index in [2.05, 4.69) is 20.4 Å². The number of carbonyl (C=O) groups excluding carboxylic acids is 1. The molecule has 0 heterocycles. The number of esters is 1. The lowest BCUT2D eigenvalue weighted by Gasteiger charge is -2.30. The van der Waals surface area contributed by atoms with Gasteiger partial charge in [-0.25, -0.2) is 0 Å². The van der Waals surface area contributed by atoms with Gasteiger partial charge >= 0.3 is 5.97 Å². The molecule has 154 valence electrons. The lowest BCUT2D eigenvalue weighted by Crippen LogP contribution is -2.43. The Kier molecular flexibility index (Phi) is 15.1. The second kappa shape index (κ2) is 15.5. The van der Waals surface area contributed by atoms with Crippen molar-refractivity contribution in [1.29, 1.82) is 0 Å². The number of ether oxygens (including phenoxy) is 2. The average Bonchev–Trinajstić information content (AvgIpc) is 3.10. The molecule has 0 aromatic rings. The molecule has 1 fully saturated rings. The maximum Gasteiger partial charge on any atom is 0.305 e. The SMILES string of the molecule is CN=C(NCCCCCCC(=O)OC)NCC1(CCOC)CCCC1.I. The molecule has 0 saturated heterocycles. The van der Waals surface area contributed by atoms with E-state index < -0.39 is 0 Å². The zero-order chi connectivity index (χ0) is 18.4. The van der Waals surface area contributed by atoms with Crippen LogP contribution in [0.4, 0.5) is 0 Å². The molecule has 0 unspecified atom stereocenters. The van der Waals surface area contributed by atoms with Crippen LogP contribution in [0.25, 0.3) is 0 Å². The van der Waals surface area contributed by atoms with Gasteiger partial charge < -0.3 is 20.1 Å². The van der Waals surface area contributed by atoms with Crippen LogP contribution in [0.3, 0.4) is 0 Å². The number of aliphatic imine (C=N–C) groups is 1. The Morgan fingerprint density at radius 3 is 2.38 bits per heavy atom. The molecule has 0 aliphatic heterocycles. The van der Waals surface area contributed by atoms with Crippen LogP contribution in [0, 0.1) is 5.41 Å². The van der Waals surface area contributed by atoms with Crippen LogP contribution >= 0.6 is 24.0 Å². The van der Waals surface area contributed by atoms with E-state index in [0.717, 1.165) is 57.8 Å². The first-order chi connectivity index (χ1) is 12.2. The van der Waals surface area contributed by atoms with Crippen molar-refractivity contribution >= 4 is 35.9 Å². The fourth-order valence-corrected chi connectivity index (χ4v) is 3.51. The van der Waals surface area contributed by atoms with Gasteiger partial charge in [0.1, 0.15) is 0 Å². The predicted molar refractivity (Wildman–Crippen MR) is 117 cm³/mol. The molecule has 6 nitrogen and oxygen atoms in total. The maximum atomic E-state index is 11.0. The summed E-state index contributed by atoms with van der Waals surface area (Å²) in [7, 11) is 5.04. The Hall–Kier alpha value is -0.570. The van der Waals surface area contributed by atoms with Crippen molar-refractivity contribution in [2.45, 2.75) is 64.2 Å². The first-order valence-electron chi connectivity index (χ1n) is 9.66. The second-order valence-electron chi connectivity index (χ2n) is 7.04. The van der Waals surface area contributed by atoms with Crippen molar-refractivity contribution in [2.75, 3.05) is 41.0 Å². The highest BCUT2D eigenvalue weighted by molar-refractivity contribution is 14.0. The minimum absolute atomic E-state index is 0. The first-order valence-corrected chi connectivity index (χ1v) is 9.66. The second-order valence-corrected chi connectivity index (χ2v) is 7.04. The van der Waals surface area contributed by atoms with Gasteiger partial charge in [-0.15, -0.1) is 24.0 Å². The van der Waals surface area contributed by atoms with Crippen LogP contribution in [0.2, 0.25) is 0 Å². The summed E-state index contributed by atoms with van der Waals surface area (Å²) in [5.41, 5.74) is 0.363. The third-order valence-electron chi connectivity index (χ3n) is 5.18. The van der Waals surface area contributed by atoms with E-state index in [4.69, 9.17) is 4.74 Å². The summed E-state index contributed by atoms with van der Waals surface area (Å²) in [4.78, 5) is 15.4. The molecule has 1 aliphatic carbocycles. The van der Waals surface area contributed by atoms with Gasteiger partial charge in [0, 0.05) is 40.3 Å². The molecule has 0 spiro atoms. The van der Waals surface area contributed by atoms with Crippen molar-refractivity contribution in [1.82, 2.24) is 10.6 Å². The molecule has 0 aromatic heterocycles. The Morgan fingerprint density at radius 1 is 1.08 bits per heavy atom. The monoisotopic (exact) mass is 483 g/mol. The molecule has 0 radical (unpaired) electrons. The van der Waals surface area contributed by atoms with Gasteiger partial charge in [-0.05, 0) is 37.5 Å². The highest BCUT2D eigenvalue weighted by atomic mass is 127. The van der Waals surface area contributed by atoms with Crippen LogP contribution in [0.1, 0.15) is 64.2 Å². The molecular weight excluding hydrogens is 445 g/mol. The molecule has 1 saturated carbocycles. The van der Waals surface area contributed by atoms with Crippen molar-refractivity contribution < 1.29 is 14.3 Å². The van der Waals surface area contributed by atoms with Crippen LogP contribution in [0.5, 0.6) is 0 Å². The summed E-state index contributed by atoms with van der Waals surface area (Å²) in [5, 5.41) is 6.90. The largest absolute Gasteiger partial charge is 0.469 e. The quantitative estimate of drug-likeness (QED) is 0.146. The van der Waals surface area contributed by atoms with Crippen LogP contribution in [-0.2, 0) is 14.3 Å². The normalized spacial score (nSPS) is 16.0. The Morgan fingerprint density at radius 2 is 1.77 bits per heavy atom. The summed E-state index contributed by atoms with van der Waals surface area (Å²) in [6.07, 6.45) is 11.0. The lowest BCUT2D eigenvalue weighted by molar-refractivity contribution is -0.140. The number of methoxy groups -OCH3 is 2. The van der Waals surface area contributed by atoms with Crippen molar-refractivity contribution in [3.8, 4) is 0 Å². The van der Waals surface area contributed by atoms with Gasteiger partial charge in [-0.1, -0.05) is 25.7 Å². The number of carbonyl (C=O) groups is 1. The van der Waals surface area contributed by atoms with E-state index in [0.29, 0.717) is 11.8 Å². The highest BCUT2D eigenvalue weighted by Crippen LogP contribution is 2.40. The third kappa shape index (κ3) is 10.5. The molecule has 1 rings (SSSR count). The third-order valence-corrected chi connectivity index (χ3v) is 5.18. The predicted octanol–water partition coefficient (Wildman–Crippen LogP) is 3.49. The molecule has 0 amide bonds. The van der Waals surface area contributed by atoms with E-state index in [-0.39, 0.29) is 29.9 Å². The summed E-state index contributed by atoms with van der Waals surface area (Å²) in [6, 6.07) is 0. The topological polar surface area (TPSA) is 72.0 Å². The standard InChI is InChI=1S/C19H37N3O3.HI/c1-20-18(21-14-9-5-4-6-10-17(23)25-3)22-16-19(13-15-24-2)11-7-8-12-19;/h4-16H2,1-3H3,(H2,20,21,22);1H. The number of hydrogen-bond donors (Lipinski definition) is 2. The fraction of sp³-hybridized carbons (Fsp3) is 0.895. The van der Waals surface area contributed by atoms with E-state index in [9.17, 15) is 4.79 Å². The number of unbranched alkanes of at least 4 members (excludes halogenated alkanes) is 3. The Balaban J connectivity index is 0.00000625. The van der Waals surface area contributed by atoms with Crippen LogP contribution < -0.4 is 10.6 Å². The number of nitrogens with one attached hydrogen (secondary N) is 2. The Labute approximate surface area is 176 Å². The van der Waals surface area contributed by atoms with E-state index in [1.54, 1.807) is 7.11 Å². The molecular formula is C19H38IN3O3. The molecule has 0 bridgehead atoms. The first kappa shape index (κ1) is 25.4. The van der Waals surface area contributed by atoms with Gasteiger partial charge in [0.05, 0.1) is 7.11 Å². The van der Waals surface area contributed by atoms with Crippen LogP contribution in [-0.4, -0.2) is 52.9 Å². The van der Waals surface area contributed by atoms with Gasteiger partial charge in [0.25, 0.3) is 0 Å². The van der Waals surface area contributed by atoms with Gasteiger partial charge in [-0.3, -0.25) is 9.79 Å². The van der Waals surface area contributed by atoms with Crippen LogP contribution in [0.15, 0.2) is 4.99 Å². The van der Waals surface area contributed by atoms with Gasteiger partial charge in [0.15, 0.2) is 5.96 Å². The summed E-state index contributed by atoms with van der Waals surface area (Å²) >= 11 is 0. The average molecular weight is 483 g/mol. The zero-order valence-electron chi connectivity index (χ0n) is 16.8. The van der Waals surface area contributed by atoms with Crippen molar-refractivity contribution in [3.63, 3.8) is 0 Å². The minimum atomic E-state index is -0.114. The number of guanidine groups is 1. The lowest BCUT2D eigenvalue weighted by atomic mass is 9.83. The summed E-state index contributed by atoms with van der Waals surface area (Å²) in [5.74, 6) is 0.773. The Bertz CT molecular complexity index is 399. The number of nitrogens with zero attached hydrogens (tertiary/aromatic N) is 1. The molecule has 7 heteroatoms. The summed E-state index contributed by atoms with van der Waals surface area (Å²) < 4.78 is 9.94.